The number of methoxy groups -OCH3 is 1. The molecule has 2 aromatic rings. The summed E-state index contributed by atoms with van der Waals surface area (Å²) in [4.78, 5) is 28.1. The van der Waals surface area contributed by atoms with Crippen LogP contribution in [-0.2, 0) is 9.59 Å². The summed E-state index contributed by atoms with van der Waals surface area (Å²) in [5.74, 6) is -1.31. The number of amides is 2. The van der Waals surface area contributed by atoms with Crippen molar-refractivity contribution >= 4 is 34.8 Å². The van der Waals surface area contributed by atoms with Crippen molar-refractivity contribution in [1.82, 2.24) is 4.90 Å². The minimum Gasteiger partial charge on any atom is -0.495 e. The molecule has 1 saturated heterocycles. The third kappa shape index (κ3) is 4.31. The van der Waals surface area contributed by atoms with Gasteiger partial charge >= 0.3 is 11.8 Å². The Balaban J connectivity index is 1.61. The summed E-state index contributed by atoms with van der Waals surface area (Å²) in [5.41, 5.74) is 0.825. The highest BCUT2D eigenvalue weighted by Crippen LogP contribution is 2.27. The van der Waals surface area contributed by atoms with E-state index in [0.717, 1.165) is 0 Å². The van der Waals surface area contributed by atoms with E-state index in [9.17, 15) is 14.0 Å². The molecule has 1 fully saturated rings. The van der Waals surface area contributed by atoms with Crippen LogP contribution in [0.5, 0.6) is 5.75 Å². The number of carbonyl (C=O) groups excluding carboxylic acids is 2. The van der Waals surface area contributed by atoms with Gasteiger partial charge in [0.25, 0.3) is 0 Å². The summed E-state index contributed by atoms with van der Waals surface area (Å²) in [6, 6.07) is 11.2. The molecule has 1 heterocycles. The average Bonchev–Trinajstić information content (AvgIpc) is 2.68. The third-order valence-electron chi connectivity index (χ3n) is 4.36. The largest absolute Gasteiger partial charge is 0.495 e. The van der Waals surface area contributed by atoms with Crippen molar-refractivity contribution in [3.8, 4) is 5.75 Å². The lowest BCUT2D eigenvalue weighted by Gasteiger charge is -2.35. The van der Waals surface area contributed by atoms with Crippen molar-refractivity contribution in [1.29, 1.82) is 0 Å². The fraction of sp³-hybridized carbons (Fsp3) is 0.263. The van der Waals surface area contributed by atoms with Gasteiger partial charge in [0.05, 0.1) is 18.5 Å². The zero-order valence-electron chi connectivity index (χ0n) is 14.7. The van der Waals surface area contributed by atoms with Crippen LogP contribution in [0.25, 0.3) is 0 Å². The molecule has 0 aromatic heterocycles. The van der Waals surface area contributed by atoms with E-state index in [4.69, 9.17) is 16.3 Å². The van der Waals surface area contributed by atoms with E-state index in [1.165, 1.54) is 24.1 Å². The molecule has 3 rings (SSSR count). The predicted molar refractivity (Wildman–Crippen MR) is 102 cm³/mol. The molecule has 8 heteroatoms. The molecule has 0 aliphatic carbocycles. The van der Waals surface area contributed by atoms with Crippen LogP contribution in [0.4, 0.5) is 15.8 Å². The molecule has 1 N–H and O–H groups in total. The van der Waals surface area contributed by atoms with Crippen LogP contribution in [0.1, 0.15) is 0 Å². The van der Waals surface area contributed by atoms with Crippen molar-refractivity contribution in [3.63, 3.8) is 0 Å². The van der Waals surface area contributed by atoms with Crippen molar-refractivity contribution in [2.45, 2.75) is 0 Å². The van der Waals surface area contributed by atoms with E-state index >= 15 is 0 Å². The fourth-order valence-electron chi connectivity index (χ4n) is 2.96. The minimum atomic E-state index is -0.769. The van der Waals surface area contributed by atoms with E-state index in [0.29, 0.717) is 48.3 Å². The smallest absolute Gasteiger partial charge is 0.314 e. The molecule has 1 aliphatic heterocycles. The highest BCUT2D eigenvalue weighted by atomic mass is 35.5. The van der Waals surface area contributed by atoms with Crippen molar-refractivity contribution in [3.05, 3.63) is 53.3 Å². The molecule has 2 aromatic carbocycles. The Bertz CT molecular complexity index is 854. The van der Waals surface area contributed by atoms with Crippen molar-refractivity contribution in [2.24, 2.45) is 0 Å². The van der Waals surface area contributed by atoms with Crippen LogP contribution in [0, 0.1) is 5.82 Å². The lowest BCUT2D eigenvalue weighted by Crippen LogP contribution is -2.51. The number of nitrogens with zero attached hydrogens (tertiary/aromatic N) is 2. The van der Waals surface area contributed by atoms with E-state index in [2.05, 4.69) is 5.32 Å². The Kier molecular flexibility index (Phi) is 5.81. The molecule has 27 heavy (non-hydrogen) atoms. The standard InChI is InChI=1S/C19H19ClFN3O3/c1-27-17-7-6-13(20)12-15(17)22-18(25)19(26)24-10-8-23(9-11-24)16-5-3-2-4-14(16)21/h2-7,12H,8-11H2,1H3,(H,22,25). The van der Waals surface area contributed by atoms with Gasteiger partial charge in [-0.3, -0.25) is 9.59 Å². The molecule has 0 saturated carbocycles. The van der Waals surface area contributed by atoms with E-state index in [1.807, 2.05) is 4.90 Å². The van der Waals surface area contributed by atoms with E-state index in [-0.39, 0.29) is 5.82 Å². The summed E-state index contributed by atoms with van der Waals surface area (Å²) in [6.07, 6.45) is 0. The molecule has 0 bridgehead atoms. The van der Waals surface area contributed by atoms with Crippen molar-refractivity contribution in [2.75, 3.05) is 43.5 Å². The van der Waals surface area contributed by atoms with Gasteiger partial charge in [-0.1, -0.05) is 23.7 Å². The molecular formula is C19H19ClFN3O3. The van der Waals surface area contributed by atoms with Crippen LogP contribution >= 0.6 is 11.6 Å². The summed E-state index contributed by atoms with van der Waals surface area (Å²) in [5, 5.41) is 2.95. The maximum Gasteiger partial charge on any atom is 0.314 e. The van der Waals surface area contributed by atoms with Crippen molar-refractivity contribution < 1.29 is 18.7 Å². The first-order chi connectivity index (χ1) is 13.0. The number of piperazine rings is 1. The molecule has 1 aliphatic rings. The van der Waals surface area contributed by atoms with Crippen LogP contribution in [-0.4, -0.2) is 50.0 Å². The number of hydrogen-bond acceptors (Lipinski definition) is 4. The second-order valence-electron chi connectivity index (χ2n) is 6.03. The lowest BCUT2D eigenvalue weighted by atomic mass is 10.2. The van der Waals surface area contributed by atoms with Gasteiger partial charge in [0.2, 0.25) is 0 Å². The van der Waals surface area contributed by atoms with Gasteiger partial charge in [-0.15, -0.1) is 0 Å². The number of halogens is 2. The first-order valence-electron chi connectivity index (χ1n) is 8.43. The number of carbonyl (C=O) groups is 2. The van der Waals surface area contributed by atoms with E-state index in [1.54, 1.807) is 30.3 Å². The quantitative estimate of drug-likeness (QED) is 0.817. The average molecular weight is 392 g/mol. The normalized spacial score (nSPS) is 14.0. The molecule has 0 atom stereocenters. The lowest BCUT2D eigenvalue weighted by molar-refractivity contribution is -0.143. The molecule has 0 radical (unpaired) electrons. The Morgan fingerprint density at radius 2 is 1.81 bits per heavy atom. The summed E-state index contributed by atoms with van der Waals surface area (Å²) in [7, 11) is 1.46. The van der Waals surface area contributed by atoms with Crippen LogP contribution in [0.15, 0.2) is 42.5 Å². The first kappa shape index (κ1) is 19.0. The van der Waals surface area contributed by atoms with Gasteiger partial charge < -0.3 is 19.9 Å². The monoisotopic (exact) mass is 391 g/mol. The number of rotatable bonds is 3. The SMILES string of the molecule is COc1ccc(Cl)cc1NC(=O)C(=O)N1CCN(c2ccccc2F)CC1. The molecule has 0 unspecified atom stereocenters. The Hall–Kier alpha value is -2.80. The summed E-state index contributed by atoms with van der Waals surface area (Å²) < 4.78 is 19.1. The van der Waals surface area contributed by atoms with Crippen LogP contribution < -0.4 is 15.0 Å². The highest BCUT2D eigenvalue weighted by Gasteiger charge is 2.27. The maximum atomic E-state index is 13.9. The second kappa shape index (κ2) is 8.26. The van der Waals surface area contributed by atoms with E-state index < -0.39 is 11.8 Å². The minimum absolute atomic E-state index is 0.303. The number of nitrogens with one attached hydrogen (secondary N) is 1. The highest BCUT2D eigenvalue weighted by molar-refractivity contribution is 6.40. The number of benzene rings is 2. The van der Waals surface area contributed by atoms with Gasteiger partial charge in [-0.25, -0.2) is 4.39 Å². The van der Waals surface area contributed by atoms with Gasteiger partial charge in [0, 0.05) is 31.2 Å². The fourth-order valence-corrected chi connectivity index (χ4v) is 3.13. The molecule has 0 spiro atoms. The van der Waals surface area contributed by atoms with Gasteiger partial charge in [0.15, 0.2) is 0 Å². The first-order valence-corrected chi connectivity index (χ1v) is 8.80. The number of hydrogen-bond donors (Lipinski definition) is 1. The zero-order chi connectivity index (χ0) is 19.4. The summed E-state index contributed by atoms with van der Waals surface area (Å²) >= 11 is 5.93. The Morgan fingerprint density at radius 3 is 2.48 bits per heavy atom. The maximum absolute atomic E-state index is 13.9. The Labute approximate surface area is 161 Å². The number of ether oxygens (including phenoxy) is 1. The molecular weight excluding hydrogens is 373 g/mol. The van der Waals surface area contributed by atoms with Crippen LogP contribution in [0.3, 0.4) is 0 Å². The second-order valence-corrected chi connectivity index (χ2v) is 6.47. The number of anilines is 2. The molecule has 142 valence electrons. The van der Waals surface area contributed by atoms with Gasteiger partial charge in [-0.05, 0) is 30.3 Å². The molecule has 6 nitrogen and oxygen atoms in total. The third-order valence-corrected chi connectivity index (χ3v) is 4.60. The van der Waals surface area contributed by atoms with Gasteiger partial charge in [-0.2, -0.15) is 0 Å². The topological polar surface area (TPSA) is 61.9 Å². The van der Waals surface area contributed by atoms with Gasteiger partial charge in [0.1, 0.15) is 11.6 Å². The summed E-state index contributed by atoms with van der Waals surface area (Å²) in [6.45, 7) is 1.54. The number of para-hydroxylation sites is 1. The van der Waals surface area contributed by atoms with Crippen LogP contribution in [0.2, 0.25) is 5.02 Å². The zero-order valence-corrected chi connectivity index (χ0v) is 15.5. The Morgan fingerprint density at radius 1 is 1.11 bits per heavy atom. The predicted octanol–water partition coefficient (Wildman–Crippen LogP) is 2.78. The molecule has 2 amide bonds.